The van der Waals surface area contributed by atoms with Crippen molar-refractivity contribution in [3.05, 3.63) is 93.2 Å². The molecule has 0 unspecified atom stereocenters. The number of fused-ring (bicyclic) bond motifs is 1. The van der Waals surface area contributed by atoms with Crippen LogP contribution in [-0.2, 0) is 4.79 Å². The summed E-state index contributed by atoms with van der Waals surface area (Å²) in [6, 6.07) is 21.8. The Morgan fingerprint density at radius 2 is 1.85 bits per heavy atom. The molecular weight excluding hydrogens is 504 g/mol. The molecule has 0 bridgehead atoms. The molecule has 1 N–H and O–H groups in total. The van der Waals surface area contributed by atoms with E-state index in [1.807, 2.05) is 30.3 Å². The number of rotatable bonds is 7. The van der Waals surface area contributed by atoms with Crippen molar-refractivity contribution in [2.45, 2.75) is 5.16 Å². The molecule has 4 rings (SSSR count). The van der Waals surface area contributed by atoms with Crippen LogP contribution in [0.15, 0.2) is 92.3 Å². The molecule has 0 fully saturated rings. The molecular formula is C24H19BrN4O3S. The maximum Gasteiger partial charge on any atom is 0.266 e. The second-order valence-corrected chi connectivity index (χ2v) is 8.74. The van der Waals surface area contributed by atoms with Crippen molar-refractivity contribution in [1.82, 2.24) is 15.0 Å². The molecule has 0 atom stereocenters. The Balaban J connectivity index is 1.56. The van der Waals surface area contributed by atoms with E-state index in [-0.39, 0.29) is 17.2 Å². The van der Waals surface area contributed by atoms with Crippen LogP contribution in [-0.4, -0.2) is 34.5 Å². The molecule has 0 saturated carbocycles. The van der Waals surface area contributed by atoms with Crippen LogP contribution in [0.5, 0.6) is 5.75 Å². The normalized spacial score (nSPS) is 11.1. The largest absolute Gasteiger partial charge is 0.497 e. The highest BCUT2D eigenvalue weighted by Crippen LogP contribution is 2.22. The Morgan fingerprint density at radius 1 is 1.12 bits per heavy atom. The van der Waals surface area contributed by atoms with Crippen LogP contribution < -0.4 is 15.7 Å². The third kappa shape index (κ3) is 5.50. The Labute approximate surface area is 202 Å². The van der Waals surface area contributed by atoms with Crippen LogP contribution in [0.25, 0.3) is 16.6 Å². The number of halogens is 1. The molecule has 1 amide bonds. The number of methoxy groups -OCH3 is 1. The second-order valence-electron chi connectivity index (χ2n) is 6.88. The zero-order chi connectivity index (χ0) is 23.2. The first-order valence-electron chi connectivity index (χ1n) is 9.91. The summed E-state index contributed by atoms with van der Waals surface area (Å²) in [6.45, 7) is 0. The van der Waals surface area contributed by atoms with E-state index in [4.69, 9.17) is 4.74 Å². The van der Waals surface area contributed by atoms with Gasteiger partial charge in [0.05, 0.1) is 35.7 Å². The van der Waals surface area contributed by atoms with E-state index in [9.17, 15) is 9.59 Å². The number of hydrogen-bond donors (Lipinski definition) is 1. The summed E-state index contributed by atoms with van der Waals surface area (Å²) in [6.07, 6.45) is 1.57. The number of nitrogens with zero attached hydrogens (tertiary/aromatic N) is 3. The Kier molecular flexibility index (Phi) is 7.21. The fourth-order valence-corrected chi connectivity index (χ4v) is 4.13. The second kappa shape index (κ2) is 10.5. The number of carbonyl (C=O) groups excluding carboxylic acids is 1. The predicted octanol–water partition coefficient (Wildman–Crippen LogP) is 4.40. The third-order valence-corrected chi connectivity index (χ3v) is 6.15. The van der Waals surface area contributed by atoms with E-state index in [1.165, 1.54) is 16.3 Å². The summed E-state index contributed by atoms with van der Waals surface area (Å²) >= 11 is 4.54. The minimum absolute atomic E-state index is 0.0403. The van der Waals surface area contributed by atoms with Crippen molar-refractivity contribution >= 4 is 50.7 Å². The highest BCUT2D eigenvalue weighted by molar-refractivity contribution is 9.10. The number of para-hydroxylation sites is 1. The topological polar surface area (TPSA) is 85.6 Å². The molecule has 0 aliphatic heterocycles. The number of hydrazone groups is 1. The summed E-state index contributed by atoms with van der Waals surface area (Å²) in [5.74, 6) is 0.410. The summed E-state index contributed by atoms with van der Waals surface area (Å²) in [5, 5.41) is 4.91. The minimum atomic E-state index is -0.308. The minimum Gasteiger partial charge on any atom is -0.497 e. The predicted molar refractivity (Wildman–Crippen MR) is 134 cm³/mol. The summed E-state index contributed by atoms with van der Waals surface area (Å²) < 4.78 is 7.68. The van der Waals surface area contributed by atoms with Crippen molar-refractivity contribution in [1.29, 1.82) is 0 Å². The molecule has 4 aromatic rings. The molecule has 1 aromatic heterocycles. The van der Waals surface area contributed by atoms with Crippen molar-refractivity contribution in [3.63, 3.8) is 0 Å². The standard InChI is InChI=1S/C24H19BrN4O3S/c1-32-19-12-10-18(11-13-19)29-23(31)20-4-2-3-5-21(20)27-24(29)33-15-22(30)28-26-14-16-6-8-17(25)9-7-16/h2-14H,15H2,1H3,(H,28,30). The van der Waals surface area contributed by atoms with Gasteiger partial charge >= 0.3 is 0 Å². The van der Waals surface area contributed by atoms with Crippen LogP contribution in [0.2, 0.25) is 0 Å². The maximum absolute atomic E-state index is 13.3. The summed E-state index contributed by atoms with van der Waals surface area (Å²) in [4.78, 5) is 30.2. The number of nitrogens with one attached hydrogen (secondary N) is 1. The van der Waals surface area contributed by atoms with Gasteiger partial charge in [0.25, 0.3) is 11.5 Å². The lowest BCUT2D eigenvalue weighted by molar-refractivity contribution is -0.118. The maximum atomic E-state index is 13.3. The average molecular weight is 523 g/mol. The van der Waals surface area contributed by atoms with Gasteiger partial charge in [-0.05, 0) is 54.1 Å². The van der Waals surface area contributed by atoms with Gasteiger partial charge in [-0.3, -0.25) is 14.2 Å². The van der Waals surface area contributed by atoms with Gasteiger partial charge in [-0.2, -0.15) is 5.10 Å². The van der Waals surface area contributed by atoms with Gasteiger partial charge < -0.3 is 4.74 Å². The van der Waals surface area contributed by atoms with Crippen LogP contribution >= 0.6 is 27.7 Å². The Morgan fingerprint density at radius 3 is 2.58 bits per heavy atom. The van der Waals surface area contributed by atoms with E-state index in [1.54, 1.807) is 55.8 Å². The van der Waals surface area contributed by atoms with Crippen molar-refractivity contribution in [2.75, 3.05) is 12.9 Å². The number of aromatic nitrogens is 2. The first kappa shape index (κ1) is 22.8. The van der Waals surface area contributed by atoms with E-state index < -0.39 is 0 Å². The molecule has 33 heavy (non-hydrogen) atoms. The molecule has 0 saturated heterocycles. The van der Waals surface area contributed by atoms with Crippen LogP contribution in [0.1, 0.15) is 5.56 Å². The number of carbonyl (C=O) groups is 1. The average Bonchev–Trinajstić information content (AvgIpc) is 2.84. The molecule has 3 aromatic carbocycles. The van der Waals surface area contributed by atoms with E-state index in [0.29, 0.717) is 27.5 Å². The fraction of sp³-hybridized carbons (Fsp3) is 0.0833. The van der Waals surface area contributed by atoms with Gasteiger partial charge in [-0.25, -0.2) is 10.4 Å². The van der Waals surface area contributed by atoms with Crippen molar-refractivity contribution in [3.8, 4) is 11.4 Å². The summed E-state index contributed by atoms with van der Waals surface area (Å²) in [5.41, 5.74) is 4.37. The smallest absolute Gasteiger partial charge is 0.266 e. The van der Waals surface area contributed by atoms with Crippen LogP contribution in [0.3, 0.4) is 0 Å². The molecule has 0 radical (unpaired) electrons. The molecule has 9 heteroatoms. The van der Waals surface area contributed by atoms with Gasteiger partial charge in [0.15, 0.2) is 5.16 Å². The molecule has 1 heterocycles. The number of hydrogen-bond acceptors (Lipinski definition) is 6. The molecule has 0 aliphatic carbocycles. The SMILES string of the molecule is COc1ccc(-n2c(SCC(=O)NN=Cc3ccc(Br)cc3)nc3ccccc3c2=O)cc1. The lowest BCUT2D eigenvalue weighted by Crippen LogP contribution is -2.24. The van der Waals surface area contributed by atoms with Gasteiger partial charge in [0.1, 0.15) is 5.75 Å². The van der Waals surface area contributed by atoms with Gasteiger partial charge in [-0.1, -0.05) is 52.0 Å². The van der Waals surface area contributed by atoms with E-state index in [0.717, 1.165) is 10.0 Å². The van der Waals surface area contributed by atoms with Crippen LogP contribution in [0.4, 0.5) is 0 Å². The van der Waals surface area contributed by atoms with Crippen molar-refractivity contribution in [2.24, 2.45) is 5.10 Å². The van der Waals surface area contributed by atoms with E-state index >= 15 is 0 Å². The number of ether oxygens (including phenoxy) is 1. The van der Waals surface area contributed by atoms with Crippen molar-refractivity contribution < 1.29 is 9.53 Å². The zero-order valence-corrected chi connectivity index (χ0v) is 20.0. The first-order chi connectivity index (χ1) is 16.0. The number of amides is 1. The molecule has 166 valence electrons. The van der Waals surface area contributed by atoms with E-state index in [2.05, 4.69) is 31.4 Å². The monoisotopic (exact) mass is 522 g/mol. The van der Waals surface area contributed by atoms with Crippen LogP contribution in [0, 0.1) is 0 Å². The first-order valence-corrected chi connectivity index (χ1v) is 11.7. The van der Waals surface area contributed by atoms with Gasteiger partial charge in [0, 0.05) is 4.47 Å². The number of benzene rings is 3. The molecule has 7 nitrogen and oxygen atoms in total. The molecule has 0 aliphatic rings. The Hall–Kier alpha value is -3.43. The highest BCUT2D eigenvalue weighted by Gasteiger charge is 2.15. The zero-order valence-electron chi connectivity index (χ0n) is 17.6. The molecule has 0 spiro atoms. The fourth-order valence-electron chi connectivity index (χ4n) is 3.06. The number of thioether (sulfide) groups is 1. The Bertz CT molecular complexity index is 1370. The third-order valence-electron chi connectivity index (χ3n) is 4.68. The highest BCUT2D eigenvalue weighted by atomic mass is 79.9. The van der Waals surface area contributed by atoms with Gasteiger partial charge in [-0.15, -0.1) is 0 Å². The lowest BCUT2D eigenvalue weighted by atomic mass is 10.2. The summed E-state index contributed by atoms with van der Waals surface area (Å²) in [7, 11) is 1.58. The quantitative estimate of drug-likeness (QED) is 0.168. The van der Waals surface area contributed by atoms with Gasteiger partial charge in [0.2, 0.25) is 0 Å². The lowest BCUT2D eigenvalue weighted by Gasteiger charge is -2.13.